The molecular weight excluding hydrogens is 790 g/mol. The molecule has 2 N–H and O–H groups in total. The lowest BCUT2D eigenvalue weighted by atomic mass is 9.99. The maximum Gasteiger partial charge on any atom is 0.293 e. The van der Waals surface area contributed by atoms with E-state index in [4.69, 9.17) is 16.3 Å². The molecule has 15 heteroatoms. The Morgan fingerprint density at radius 2 is 1.69 bits per heavy atom. The Labute approximate surface area is 348 Å². The third-order valence-electron chi connectivity index (χ3n) is 10.2. The van der Waals surface area contributed by atoms with Crippen LogP contribution < -0.4 is 19.7 Å². The topological polar surface area (TPSA) is 150 Å². The van der Waals surface area contributed by atoms with E-state index in [9.17, 15) is 23.3 Å². The molecule has 1 aliphatic rings. The molecule has 304 valence electrons. The fraction of sp³-hybridized carbons (Fsp3) is 0.227. The molecule has 0 spiro atoms. The van der Waals surface area contributed by atoms with Crippen molar-refractivity contribution >= 4 is 55.4 Å². The zero-order valence-corrected chi connectivity index (χ0v) is 34.2. The Kier molecular flexibility index (Phi) is 12.7. The summed E-state index contributed by atoms with van der Waals surface area (Å²) in [7, 11) is -0.699. The molecule has 0 atom stereocenters. The summed E-state index contributed by atoms with van der Waals surface area (Å²) in [5, 5.41) is 17.3. The Bertz CT molecular complexity index is 2580. The minimum atomic E-state index is -4.55. The average Bonchev–Trinajstić information content (AvgIpc) is 3.23. The van der Waals surface area contributed by atoms with Gasteiger partial charge in [-0.1, -0.05) is 60.1 Å². The molecule has 0 radical (unpaired) electrons. The number of pyridine rings is 1. The van der Waals surface area contributed by atoms with Crippen LogP contribution in [0.2, 0.25) is 5.02 Å². The highest BCUT2D eigenvalue weighted by Crippen LogP contribution is 2.35. The number of nitro groups is 1. The van der Waals surface area contributed by atoms with E-state index in [0.29, 0.717) is 30.4 Å². The molecular formula is C44H44ClN7O6S. The van der Waals surface area contributed by atoms with E-state index in [1.165, 1.54) is 17.7 Å². The van der Waals surface area contributed by atoms with Crippen molar-refractivity contribution < 1.29 is 22.9 Å². The second kappa shape index (κ2) is 18.2. The highest BCUT2D eigenvalue weighted by molar-refractivity contribution is 7.90. The first-order valence-electron chi connectivity index (χ1n) is 19.2. The molecule has 1 aliphatic heterocycles. The Morgan fingerprint density at radius 1 is 0.915 bits per heavy atom. The van der Waals surface area contributed by atoms with E-state index in [0.717, 1.165) is 66.3 Å². The molecule has 2 heterocycles. The highest BCUT2D eigenvalue weighted by atomic mass is 35.5. The Hall–Kier alpha value is -6.06. The summed E-state index contributed by atoms with van der Waals surface area (Å²) >= 11 is 6.16. The normalized spacial score (nSPS) is 13.4. The van der Waals surface area contributed by atoms with Gasteiger partial charge in [0.05, 0.1) is 15.4 Å². The number of amides is 1. The van der Waals surface area contributed by atoms with E-state index in [1.54, 1.807) is 42.7 Å². The summed E-state index contributed by atoms with van der Waals surface area (Å²) in [6.45, 7) is 4.93. The molecule has 1 aromatic heterocycles. The van der Waals surface area contributed by atoms with Crippen LogP contribution in [0.5, 0.6) is 11.5 Å². The fourth-order valence-electron chi connectivity index (χ4n) is 7.09. The van der Waals surface area contributed by atoms with Crippen LogP contribution in [0.15, 0.2) is 126 Å². The maximum atomic E-state index is 13.9. The van der Waals surface area contributed by atoms with Crippen molar-refractivity contribution in [1.29, 1.82) is 0 Å². The number of halogens is 1. The van der Waals surface area contributed by atoms with Crippen LogP contribution in [-0.4, -0.2) is 87.4 Å². The highest BCUT2D eigenvalue weighted by Gasteiger charge is 2.27. The van der Waals surface area contributed by atoms with Gasteiger partial charge in [-0.05, 0) is 92.3 Å². The van der Waals surface area contributed by atoms with Crippen molar-refractivity contribution in [3.8, 4) is 22.6 Å². The number of nitrogens with zero attached hydrogens (tertiary/aromatic N) is 5. The van der Waals surface area contributed by atoms with Crippen LogP contribution in [0.25, 0.3) is 21.9 Å². The third-order valence-corrected chi connectivity index (χ3v) is 11.8. The fourth-order valence-corrected chi connectivity index (χ4v) is 8.20. The molecule has 13 nitrogen and oxygen atoms in total. The zero-order valence-electron chi connectivity index (χ0n) is 32.7. The molecule has 0 unspecified atom stereocenters. The zero-order chi connectivity index (χ0) is 41.5. The number of fused-ring (bicyclic) bond motifs is 1. The summed E-state index contributed by atoms with van der Waals surface area (Å²) in [5.74, 6) is -0.360. The molecule has 0 aliphatic carbocycles. The predicted molar refractivity (Wildman–Crippen MR) is 232 cm³/mol. The smallest absolute Gasteiger partial charge is 0.293 e. The van der Waals surface area contributed by atoms with Crippen molar-refractivity contribution in [3.63, 3.8) is 0 Å². The number of nitro benzene ring substituents is 1. The quantitative estimate of drug-likeness (QED) is 0.0588. The van der Waals surface area contributed by atoms with Gasteiger partial charge in [-0.15, -0.1) is 0 Å². The molecule has 0 saturated carbocycles. The second-order valence-corrected chi connectivity index (χ2v) is 16.6. The van der Waals surface area contributed by atoms with E-state index in [-0.39, 0.29) is 17.0 Å². The van der Waals surface area contributed by atoms with Crippen LogP contribution in [0, 0.1) is 10.1 Å². The van der Waals surface area contributed by atoms with Gasteiger partial charge in [0.1, 0.15) is 17.2 Å². The molecule has 59 heavy (non-hydrogen) atoms. The minimum absolute atomic E-state index is 0.0329. The predicted octanol–water partition coefficient (Wildman–Crippen LogP) is 8.06. The van der Waals surface area contributed by atoms with Gasteiger partial charge in [-0.2, -0.15) is 0 Å². The lowest BCUT2D eigenvalue weighted by Crippen LogP contribution is -2.46. The van der Waals surface area contributed by atoms with Gasteiger partial charge in [-0.3, -0.25) is 24.8 Å². The number of benzene rings is 5. The summed E-state index contributed by atoms with van der Waals surface area (Å²) < 4.78 is 35.8. The van der Waals surface area contributed by atoms with Gasteiger partial charge in [0, 0.05) is 85.3 Å². The van der Waals surface area contributed by atoms with E-state index in [1.807, 2.05) is 61.5 Å². The standard InChI is InChI=1S/C44H44ClN7O6S/c1-49(2)22-6-20-47-40-18-16-36(28-41(40)52(54)55)59(56,57)48-44(53)39-17-15-35(27-43(39)58-42-10-5-8-32-29-46-21-19-38(32)42)51-25-23-50(24-26-51)30-33-7-3-4-9-37(33)31-11-13-34(45)14-12-31/h3-5,7-19,21,27-29,47H,6,20,22-26,30H2,1-2H3,(H,48,53). The third kappa shape index (κ3) is 9.98. The number of hydrogen-bond donors (Lipinski definition) is 2. The van der Waals surface area contributed by atoms with Crippen LogP contribution in [0.3, 0.4) is 0 Å². The summed E-state index contributed by atoms with van der Waals surface area (Å²) in [4.78, 5) is 35.6. The van der Waals surface area contributed by atoms with E-state index < -0.39 is 31.4 Å². The number of carbonyl (C=O) groups is 1. The number of nitrogens with one attached hydrogen (secondary N) is 2. The van der Waals surface area contributed by atoms with Gasteiger partial charge in [0.25, 0.3) is 21.6 Å². The lowest BCUT2D eigenvalue weighted by molar-refractivity contribution is -0.384. The average molecular weight is 834 g/mol. The SMILES string of the molecule is CN(C)CCCNc1ccc(S(=O)(=O)NC(=O)c2ccc(N3CCN(Cc4ccccc4-c4ccc(Cl)cc4)CC3)cc2Oc2cccc3cnccc23)cc1[N+](=O)[O-]. The van der Waals surface area contributed by atoms with Crippen molar-refractivity contribution in [2.45, 2.75) is 17.9 Å². The summed E-state index contributed by atoms with van der Waals surface area (Å²) in [6.07, 6.45) is 4.06. The number of hydrogen-bond acceptors (Lipinski definition) is 11. The van der Waals surface area contributed by atoms with Gasteiger partial charge < -0.3 is 19.9 Å². The van der Waals surface area contributed by atoms with Gasteiger partial charge in [-0.25, -0.2) is 13.1 Å². The lowest BCUT2D eigenvalue weighted by Gasteiger charge is -2.36. The van der Waals surface area contributed by atoms with Crippen LogP contribution >= 0.6 is 11.6 Å². The summed E-state index contributed by atoms with van der Waals surface area (Å²) in [5.41, 5.74) is 4.00. The number of sulfonamides is 1. The maximum absolute atomic E-state index is 13.9. The minimum Gasteiger partial charge on any atom is -0.456 e. The Balaban J connectivity index is 1.11. The number of aromatic nitrogens is 1. The van der Waals surface area contributed by atoms with Crippen molar-refractivity contribution in [1.82, 2.24) is 19.5 Å². The van der Waals surface area contributed by atoms with Crippen LogP contribution in [-0.2, 0) is 16.6 Å². The van der Waals surface area contributed by atoms with Crippen molar-refractivity contribution in [2.75, 3.05) is 63.6 Å². The molecule has 7 rings (SSSR count). The van der Waals surface area contributed by atoms with Crippen molar-refractivity contribution in [2.24, 2.45) is 0 Å². The number of ether oxygens (including phenoxy) is 1. The van der Waals surface area contributed by atoms with Gasteiger partial charge in [0.2, 0.25) is 0 Å². The molecule has 5 aromatic carbocycles. The number of rotatable bonds is 15. The molecule has 1 saturated heterocycles. The molecule has 1 amide bonds. The number of anilines is 2. The van der Waals surface area contributed by atoms with Gasteiger partial charge in [0.15, 0.2) is 0 Å². The Morgan fingerprint density at radius 3 is 2.46 bits per heavy atom. The summed E-state index contributed by atoms with van der Waals surface area (Å²) in [6, 6.07) is 32.1. The van der Waals surface area contributed by atoms with Crippen LogP contribution in [0.4, 0.5) is 17.1 Å². The molecule has 0 bridgehead atoms. The number of piperazine rings is 1. The molecule has 6 aromatic rings. The largest absolute Gasteiger partial charge is 0.456 e. The van der Waals surface area contributed by atoms with Gasteiger partial charge >= 0.3 is 0 Å². The van der Waals surface area contributed by atoms with Crippen molar-refractivity contribution in [3.05, 3.63) is 148 Å². The van der Waals surface area contributed by atoms with Crippen LogP contribution in [0.1, 0.15) is 22.3 Å². The molecule has 1 fully saturated rings. The first-order chi connectivity index (χ1) is 28.4. The van der Waals surface area contributed by atoms with E-state index >= 15 is 0 Å². The first kappa shape index (κ1) is 41.1. The second-order valence-electron chi connectivity index (χ2n) is 14.5. The van der Waals surface area contributed by atoms with E-state index in [2.05, 4.69) is 43.0 Å². The first-order valence-corrected chi connectivity index (χ1v) is 21.0. The monoisotopic (exact) mass is 833 g/mol. The number of carbonyl (C=O) groups excluding carboxylic acids is 1.